The Morgan fingerprint density at radius 1 is 1.14 bits per heavy atom. The first-order chi connectivity index (χ1) is 13.6. The molecule has 0 radical (unpaired) electrons. The number of hydrogen-bond donors (Lipinski definition) is 1. The van der Waals surface area contributed by atoms with Gasteiger partial charge in [-0.3, -0.25) is 9.78 Å². The zero-order valence-electron chi connectivity index (χ0n) is 14.2. The Labute approximate surface area is 174 Å². The molecule has 3 heterocycles. The van der Waals surface area contributed by atoms with E-state index in [0.717, 1.165) is 11.1 Å². The molecule has 0 aliphatic heterocycles. The Kier molecular flexibility index (Phi) is 5.38. The van der Waals surface area contributed by atoms with E-state index in [9.17, 15) is 4.79 Å². The van der Waals surface area contributed by atoms with Crippen LogP contribution in [0.2, 0.25) is 10.2 Å². The first kappa shape index (κ1) is 18.6. The number of carbonyl (C=O) groups is 1. The number of nitrogens with one attached hydrogen (secondary N) is 1. The van der Waals surface area contributed by atoms with Gasteiger partial charge in [-0.2, -0.15) is 0 Å². The summed E-state index contributed by atoms with van der Waals surface area (Å²) in [6.45, 7) is 0.176. The van der Waals surface area contributed by atoms with Crippen LogP contribution in [0.4, 0.5) is 0 Å². The van der Waals surface area contributed by atoms with Crippen molar-refractivity contribution in [3.05, 3.63) is 75.7 Å². The highest BCUT2D eigenvalue weighted by Gasteiger charge is 2.18. The second kappa shape index (κ2) is 8.10. The van der Waals surface area contributed by atoms with Crippen molar-refractivity contribution in [3.63, 3.8) is 0 Å². The van der Waals surface area contributed by atoms with Gasteiger partial charge >= 0.3 is 0 Å². The number of pyridine rings is 1. The summed E-state index contributed by atoms with van der Waals surface area (Å²) >= 11 is 13.2. The maximum atomic E-state index is 12.5. The number of amides is 1. The SMILES string of the molecule is O=C(NCc1cc(-c2ccc(Cl)cc2)no1)c1sc(-c2cccnc2)nc1Cl. The standard InChI is InChI=1S/C19H12Cl2N4O2S/c20-13-5-3-11(4-6-13)15-8-14(27-25-15)10-23-18(26)16-17(21)24-19(28-16)12-2-1-7-22-9-12/h1-9H,10H2,(H,23,26). The Morgan fingerprint density at radius 2 is 1.96 bits per heavy atom. The number of aromatic nitrogens is 3. The van der Waals surface area contributed by atoms with Crippen LogP contribution in [0.15, 0.2) is 59.4 Å². The maximum absolute atomic E-state index is 12.5. The summed E-state index contributed by atoms with van der Waals surface area (Å²) in [5.74, 6) is 0.188. The molecule has 0 spiro atoms. The summed E-state index contributed by atoms with van der Waals surface area (Å²) in [7, 11) is 0. The fraction of sp³-hybridized carbons (Fsp3) is 0.0526. The summed E-state index contributed by atoms with van der Waals surface area (Å²) in [6.07, 6.45) is 3.34. The predicted octanol–water partition coefficient (Wildman–Crippen LogP) is 5.10. The van der Waals surface area contributed by atoms with E-state index < -0.39 is 0 Å². The van der Waals surface area contributed by atoms with Crippen LogP contribution in [0, 0.1) is 0 Å². The Morgan fingerprint density at radius 3 is 2.71 bits per heavy atom. The van der Waals surface area contributed by atoms with Crippen molar-refractivity contribution in [2.45, 2.75) is 6.54 Å². The molecule has 4 rings (SSSR count). The van der Waals surface area contributed by atoms with Gasteiger partial charge in [0.1, 0.15) is 15.6 Å². The molecule has 6 nitrogen and oxygen atoms in total. The van der Waals surface area contributed by atoms with Gasteiger partial charge in [0.25, 0.3) is 5.91 Å². The Hall–Kier alpha value is -2.74. The van der Waals surface area contributed by atoms with Crippen LogP contribution >= 0.6 is 34.5 Å². The summed E-state index contributed by atoms with van der Waals surface area (Å²) in [4.78, 5) is 21.1. The lowest BCUT2D eigenvalue weighted by Gasteiger charge is -1.99. The molecule has 0 fully saturated rings. The topological polar surface area (TPSA) is 80.9 Å². The van der Waals surface area contributed by atoms with Gasteiger partial charge in [-0.25, -0.2) is 4.98 Å². The van der Waals surface area contributed by atoms with Crippen LogP contribution in [0.5, 0.6) is 0 Å². The molecule has 140 valence electrons. The van der Waals surface area contributed by atoms with Crippen molar-refractivity contribution >= 4 is 40.4 Å². The monoisotopic (exact) mass is 430 g/mol. The summed E-state index contributed by atoms with van der Waals surface area (Å²) in [5, 5.41) is 8.22. The predicted molar refractivity (Wildman–Crippen MR) is 108 cm³/mol. The molecule has 0 unspecified atom stereocenters. The van der Waals surface area contributed by atoms with Gasteiger partial charge in [0.15, 0.2) is 10.9 Å². The van der Waals surface area contributed by atoms with Crippen LogP contribution in [0.1, 0.15) is 15.4 Å². The normalized spacial score (nSPS) is 10.8. The third kappa shape index (κ3) is 4.06. The number of rotatable bonds is 5. The number of nitrogens with zero attached hydrogens (tertiary/aromatic N) is 3. The fourth-order valence-corrected chi connectivity index (χ4v) is 3.78. The third-order valence-electron chi connectivity index (χ3n) is 3.82. The Bertz CT molecular complexity index is 1110. The van der Waals surface area contributed by atoms with Gasteiger partial charge in [-0.1, -0.05) is 40.5 Å². The maximum Gasteiger partial charge on any atom is 0.264 e. The highest BCUT2D eigenvalue weighted by molar-refractivity contribution is 7.17. The third-order valence-corrected chi connectivity index (χ3v) is 5.56. The van der Waals surface area contributed by atoms with Crippen molar-refractivity contribution in [2.75, 3.05) is 0 Å². The minimum atomic E-state index is -0.331. The number of carbonyl (C=O) groups excluding carboxylic acids is 1. The van der Waals surface area contributed by atoms with Crippen molar-refractivity contribution in [1.82, 2.24) is 20.4 Å². The number of hydrogen-bond acceptors (Lipinski definition) is 6. The van der Waals surface area contributed by atoms with E-state index >= 15 is 0 Å². The summed E-state index contributed by atoms with van der Waals surface area (Å²) in [6, 6.07) is 12.7. The van der Waals surface area contributed by atoms with Crippen LogP contribution < -0.4 is 5.32 Å². The van der Waals surface area contributed by atoms with Crippen molar-refractivity contribution in [2.24, 2.45) is 0 Å². The van der Waals surface area contributed by atoms with Gasteiger partial charge in [0.2, 0.25) is 0 Å². The minimum absolute atomic E-state index is 0.153. The summed E-state index contributed by atoms with van der Waals surface area (Å²) in [5.41, 5.74) is 2.34. The van der Waals surface area contributed by atoms with E-state index in [0.29, 0.717) is 26.4 Å². The second-order valence-electron chi connectivity index (χ2n) is 5.75. The average Bonchev–Trinajstić information content (AvgIpc) is 3.34. The van der Waals surface area contributed by atoms with Gasteiger partial charge in [-0.05, 0) is 24.3 Å². The molecule has 1 aromatic carbocycles. The molecule has 1 N–H and O–H groups in total. The molecular weight excluding hydrogens is 419 g/mol. The first-order valence-electron chi connectivity index (χ1n) is 8.16. The van der Waals surface area contributed by atoms with Crippen LogP contribution in [0.3, 0.4) is 0 Å². The van der Waals surface area contributed by atoms with Crippen molar-refractivity contribution in [3.8, 4) is 21.8 Å². The lowest BCUT2D eigenvalue weighted by atomic mass is 10.1. The van der Waals surface area contributed by atoms with Gasteiger partial charge < -0.3 is 9.84 Å². The molecule has 0 atom stereocenters. The molecule has 0 aliphatic carbocycles. The molecular formula is C19H12Cl2N4O2S. The van der Waals surface area contributed by atoms with Crippen molar-refractivity contribution < 1.29 is 9.32 Å². The number of thiazole rings is 1. The molecule has 0 aliphatic rings. The van der Waals surface area contributed by atoms with Crippen LogP contribution in [0.25, 0.3) is 21.8 Å². The molecule has 3 aromatic heterocycles. The number of benzene rings is 1. The van der Waals surface area contributed by atoms with Crippen LogP contribution in [-0.4, -0.2) is 21.0 Å². The van der Waals surface area contributed by atoms with E-state index in [-0.39, 0.29) is 17.6 Å². The smallest absolute Gasteiger partial charge is 0.264 e. The minimum Gasteiger partial charge on any atom is -0.359 e. The van der Waals surface area contributed by atoms with Crippen molar-refractivity contribution in [1.29, 1.82) is 0 Å². The lowest BCUT2D eigenvalue weighted by molar-refractivity contribution is 0.0951. The fourth-order valence-electron chi connectivity index (χ4n) is 2.45. The van der Waals surface area contributed by atoms with Gasteiger partial charge in [0.05, 0.1) is 6.54 Å². The molecule has 1 amide bonds. The zero-order valence-corrected chi connectivity index (χ0v) is 16.6. The number of halogens is 2. The first-order valence-corrected chi connectivity index (χ1v) is 9.74. The largest absolute Gasteiger partial charge is 0.359 e. The van der Waals surface area contributed by atoms with E-state index in [2.05, 4.69) is 20.4 Å². The zero-order chi connectivity index (χ0) is 19.5. The molecule has 28 heavy (non-hydrogen) atoms. The summed E-state index contributed by atoms with van der Waals surface area (Å²) < 4.78 is 5.29. The second-order valence-corrected chi connectivity index (χ2v) is 7.54. The van der Waals surface area contributed by atoms with Crippen LogP contribution in [-0.2, 0) is 6.54 Å². The lowest BCUT2D eigenvalue weighted by Crippen LogP contribution is -2.21. The van der Waals surface area contributed by atoms with E-state index in [4.69, 9.17) is 27.7 Å². The van der Waals surface area contributed by atoms with E-state index in [1.54, 1.807) is 36.7 Å². The molecule has 9 heteroatoms. The Balaban J connectivity index is 1.44. The quantitative estimate of drug-likeness (QED) is 0.476. The van der Waals surface area contributed by atoms with E-state index in [1.807, 2.05) is 18.2 Å². The molecule has 0 saturated carbocycles. The van der Waals surface area contributed by atoms with E-state index in [1.165, 1.54) is 11.3 Å². The average molecular weight is 431 g/mol. The molecule has 0 saturated heterocycles. The van der Waals surface area contributed by atoms with Gasteiger partial charge in [-0.15, -0.1) is 11.3 Å². The molecule has 0 bridgehead atoms. The highest BCUT2D eigenvalue weighted by Crippen LogP contribution is 2.30. The van der Waals surface area contributed by atoms with Gasteiger partial charge in [0, 0.05) is 34.6 Å². The highest BCUT2D eigenvalue weighted by atomic mass is 35.5. The molecule has 4 aromatic rings.